The van der Waals surface area contributed by atoms with E-state index in [4.69, 9.17) is 11.6 Å². The molecule has 7 heteroatoms. The number of anilines is 2. The van der Waals surface area contributed by atoms with Crippen molar-refractivity contribution >= 4 is 34.4 Å². The average Bonchev–Trinajstić information content (AvgIpc) is 2.96. The second-order valence-electron chi connectivity index (χ2n) is 8.05. The number of nitro benzene ring substituents is 1. The van der Waals surface area contributed by atoms with E-state index in [0.717, 1.165) is 22.6 Å². The Kier molecular flexibility index (Phi) is 5.15. The summed E-state index contributed by atoms with van der Waals surface area (Å²) >= 11 is 6.04. The van der Waals surface area contributed by atoms with E-state index in [0.29, 0.717) is 24.0 Å². The fourth-order valence-electron chi connectivity index (χ4n) is 4.55. The minimum Gasteiger partial charge on any atom is -0.372 e. The van der Waals surface area contributed by atoms with Crippen LogP contribution in [0, 0.1) is 10.1 Å². The van der Waals surface area contributed by atoms with E-state index >= 15 is 0 Å². The molecule has 0 aromatic heterocycles. The quantitative estimate of drug-likeness (QED) is 0.369. The molecule has 0 unspecified atom stereocenters. The molecular formula is C25H20ClN3O3. The van der Waals surface area contributed by atoms with Crippen molar-refractivity contribution in [1.29, 1.82) is 0 Å². The van der Waals surface area contributed by atoms with Gasteiger partial charge >= 0.3 is 0 Å². The zero-order valence-electron chi connectivity index (χ0n) is 17.0. The van der Waals surface area contributed by atoms with Gasteiger partial charge in [0.25, 0.3) is 5.69 Å². The van der Waals surface area contributed by atoms with Crippen LogP contribution in [0.25, 0.3) is 0 Å². The number of rotatable bonds is 3. The minimum atomic E-state index is -0.527. The third-order valence-corrected chi connectivity index (χ3v) is 6.40. The first-order chi connectivity index (χ1) is 15.5. The topological polar surface area (TPSA) is 84.3 Å². The Balaban J connectivity index is 1.64. The van der Waals surface area contributed by atoms with Gasteiger partial charge in [-0.1, -0.05) is 60.1 Å². The van der Waals surface area contributed by atoms with Crippen molar-refractivity contribution in [2.75, 3.05) is 10.6 Å². The Morgan fingerprint density at radius 2 is 1.62 bits per heavy atom. The van der Waals surface area contributed by atoms with E-state index < -0.39 is 11.0 Å². The smallest absolute Gasteiger partial charge is 0.288 e. The maximum atomic E-state index is 13.5. The number of carbonyl (C=O) groups is 1. The van der Waals surface area contributed by atoms with Crippen molar-refractivity contribution in [3.8, 4) is 0 Å². The van der Waals surface area contributed by atoms with Gasteiger partial charge in [-0.15, -0.1) is 0 Å². The monoisotopic (exact) mass is 445 g/mol. The number of benzene rings is 3. The lowest BCUT2D eigenvalue weighted by Gasteiger charge is -2.30. The summed E-state index contributed by atoms with van der Waals surface area (Å²) in [5.41, 5.74) is 4.72. The van der Waals surface area contributed by atoms with Crippen LogP contribution in [0.1, 0.15) is 35.9 Å². The van der Waals surface area contributed by atoms with E-state index in [1.54, 1.807) is 6.07 Å². The molecule has 6 nitrogen and oxygen atoms in total. The molecule has 1 heterocycles. The molecule has 3 aromatic rings. The van der Waals surface area contributed by atoms with Gasteiger partial charge in [-0.25, -0.2) is 0 Å². The van der Waals surface area contributed by atoms with Gasteiger partial charge in [-0.3, -0.25) is 14.9 Å². The van der Waals surface area contributed by atoms with E-state index in [2.05, 4.69) is 10.6 Å². The molecule has 0 radical (unpaired) electrons. The van der Waals surface area contributed by atoms with Crippen molar-refractivity contribution < 1.29 is 9.72 Å². The van der Waals surface area contributed by atoms with Crippen LogP contribution >= 0.6 is 11.6 Å². The van der Waals surface area contributed by atoms with Crippen molar-refractivity contribution in [1.82, 2.24) is 0 Å². The van der Waals surface area contributed by atoms with E-state index in [1.165, 1.54) is 12.1 Å². The number of fused-ring (bicyclic) bond motifs is 1. The fraction of sp³-hybridized carbons (Fsp3) is 0.160. The first-order valence-corrected chi connectivity index (χ1v) is 10.8. The van der Waals surface area contributed by atoms with Crippen molar-refractivity contribution in [3.63, 3.8) is 0 Å². The number of hydrogen-bond acceptors (Lipinski definition) is 5. The number of nitrogens with one attached hydrogen (secondary N) is 2. The molecule has 2 atom stereocenters. The highest BCUT2D eigenvalue weighted by molar-refractivity contribution is 6.32. The predicted molar refractivity (Wildman–Crippen MR) is 125 cm³/mol. The zero-order chi connectivity index (χ0) is 22.2. The first-order valence-electron chi connectivity index (χ1n) is 10.4. The Hall–Kier alpha value is -3.64. The Morgan fingerprint density at radius 3 is 2.38 bits per heavy atom. The van der Waals surface area contributed by atoms with Gasteiger partial charge in [0, 0.05) is 23.8 Å². The minimum absolute atomic E-state index is 0.0236. The Labute approximate surface area is 190 Å². The van der Waals surface area contributed by atoms with Crippen LogP contribution in [0.2, 0.25) is 5.02 Å². The molecule has 5 rings (SSSR count). The van der Waals surface area contributed by atoms with Crippen LogP contribution < -0.4 is 10.6 Å². The van der Waals surface area contributed by atoms with Gasteiger partial charge in [0.05, 0.1) is 22.3 Å². The second-order valence-corrected chi connectivity index (χ2v) is 8.45. The standard InChI is InChI=1S/C25H20ClN3O3/c26-18-11-10-16(13-22(18)29(31)32)25-24-21(27-19-8-4-5-9-20(19)28-25)12-17(14-23(24)30)15-6-2-1-3-7-15/h1-11,13,17,25,27-28H,12,14H2/t17-,25+/m1/s1. The number of halogens is 1. The molecule has 0 bridgehead atoms. The van der Waals surface area contributed by atoms with Gasteiger partial charge in [-0.2, -0.15) is 0 Å². The summed E-state index contributed by atoms with van der Waals surface area (Å²) in [6, 6.07) is 21.9. The van der Waals surface area contributed by atoms with Crippen LogP contribution in [0.3, 0.4) is 0 Å². The fourth-order valence-corrected chi connectivity index (χ4v) is 4.74. The summed E-state index contributed by atoms with van der Waals surface area (Å²) in [5, 5.41) is 18.5. The summed E-state index contributed by atoms with van der Waals surface area (Å²) in [7, 11) is 0. The molecule has 0 saturated heterocycles. The van der Waals surface area contributed by atoms with Gasteiger partial charge in [0.15, 0.2) is 5.78 Å². The number of Topliss-reactive ketones (excluding diaryl/α,β-unsaturated/α-hetero) is 1. The highest BCUT2D eigenvalue weighted by atomic mass is 35.5. The summed E-state index contributed by atoms with van der Waals surface area (Å²) in [6.45, 7) is 0. The lowest BCUT2D eigenvalue weighted by Crippen LogP contribution is -2.26. The lowest BCUT2D eigenvalue weighted by molar-refractivity contribution is -0.384. The summed E-state index contributed by atoms with van der Waals surface area (Å²) in [6.07, 6.45) is 1.06. The zero-order valence-corrected chi connectivity index (χ0v) is 17.8. The van der Waals surface area contributed by atoms with Crippen LogP contribution in [-0.4, -0.2) is 10.7 Å². The molecular weight excluding hydrogens is 426 g/mol. The molecule has 0 fully saturated rings. The molecule has 160 valence electrons. The largest absolute Gasteiger partial charge is 0.372 e. The first kappa shape index (κ1) is 20.3. The second kappa shape index (κ2) is 8.13. The van der Waals surface area contributed by atoms with E-state index in [1.807, 2.05) is 54.6 Å². The van der Waals surface area contributed by atoms with Gasteiger partial charge in [0.2, 0.25) is 0 Å². The number of hydrogen-bond donors (Lipinski definition) is 2. The molecule has 32 heavy (non-hydrogen) atoms. The van der Waals surface area contributed by atoms with Gasteiger partial charge < -0.3 is 10.6 Å². The molecule has 0 saturated carbocycles. The Morgan fingerprint density at radius 1 is 0.906 bits per heavy atom. The average molecular weight is 446 g/mol. The Bertz CT molecular complexity index is 1260. The third kappa shape index (κ3) is 3.63. The van der Waals surface area contributed by atoms with E-state index in [-0.39, 0.29) is 22.4 Å². The lowest BCUT2D eigenvalue weighted by atomic mass is 9.78. The molecule has 2 aliphatic rings. The number of nitro groups is 1. The molecule has 1 aliphatic heterocycles. The van der Waals surface area contributed by atoms with Gasteiger partial charge in [0.1, 0.15) is 5.02 Å². The predicted octanol–water partition coefficient (Wildman–Crippen LogP) is 6.23. The molecule has 2 N–H and O–H groups in total. The van der Waals surface area contributed by atoms with Crippen LogP contribution in [-0.2, 0) is 4.79 Å². The molecule has 1 aliphatic carbocycles. The van der Waals surface area contributed by atoms with Crippen LogP contribution in [0.15, 0.2) is 84.1 Å². The highest BCUT2D eigenvalue weighted by Gasteiger charge is 2.36. The SMILES string of the molecule is O=C1C[C@H](c2ccccc2)CC2=C1[C@H](c1ccc(Cl)c([N+](=O)[O-])c1)Nc1ccccc1N2. The number of nitrogens with zero attached hydrogens (tertiary/aromatic N) is 1. The number of ketones is 1. The summed E-state index contributed by atoms with van der Waals surface area (Å²) in [5.74, 6) is 0.0935. The van der Waals surface area contributed by atoms with Crippen molar-refractivity contribution in [2.24, 2.45) is 0 Å². The van der Waals surface area contributed by atoms with Gasteiger partial charge in [-0.05, 0) is 41.7 Å². The maximum Gasteiger partial charge on any atom is 0.288 e. The normalized spacial score (nSPS) is 19.8. The third-order valence-electron chi connectivity index (χ3n) is 6.08. The molecule has 0 spiro atoms. The van der Waals surface area contributed by atoms with Crippen molar-refractivity contribution in [2.45, 2.75) is 24.8 Å². The van der Waals surface area contributed by atoms with Crippen LogP contribution in [0.5, 0.6) is 0 Å². The van der Waals surface area contributed by atoms with Crippen LogP contribution in [0.4, 0.5) is 17.1 Å². The molecule has 3 aromatic carbocycles. The number of allylic oxidation sites excluding steroid dienone is 1. The molecule has 0 amide bonds. The number of para-hydroxylation sites is 2. The summed E-state index contributed by atoms with van der Waals surface area (Å²) < 4.78 is 0. The highest BCUT2D eigenvalue weighted by Crippen LogP contribution is 2.44. The maximum absolute atomic E-state index is 13.5. The van der Waals surface area contributed by atoms with E-state index in [9.17, 15) is 14.9 Å². The van der Waals surface area contributed by atoms with Crippen molar-refractivity contribution in [3.05, 3.63) is 110 Å². The summed E-state index contributed by atoms with van der Waals surface area (Å²) in [4.78, 5) is 24.5. The number of carbonyl (C=O) groups excluding carboxylic acids is 1.